The Hall–Kier alpha value is -0.120. The Bertz CT molecular complexity index is 237. The topological polar surface area (TPSA) is 18.5 Å². The van der Waals surface area contributed by atoms with Crippen LogP contribution in [0.4, 0.5) is 0 Å². The number of nitrogens with zero attached hydrogens (tertiary/aromatic N) is 2. The van der Waals surface area contributed by atoms with Crippen molar-refractivity contribution in [3.8, 4) is 0 Å². The lowest BCUT2D eigenvalue weighted by Crippen LogP contribution is -2.42. The van der Waals surface area contributed by atoms with Gasteiger partial charge in [0, 0.05) is 11.6 Å². The molecule has 0 aromatic heterocycles. The molecule has 1 heterocycles. The molecule has 0 unspecified atom stereocenters. The van der Waals surface area contributed by atoms with E-state index in [-0.39, 0.29) is 5.54 Å². The lowest BCUT2D eigenvalue weighted by atomic mass is 10.0. The largest absolute Gasteiger partial charge is 0.312 e. The van der Waals surface area contributed by atoms with Gasteiger partial charge in [-0.2, -0.15) is 0 Å². The van der Waals surface area contributed by atoms with E-state index >= 15 is 0 Å². The van der Waals surface area contributed by atoms with Gasteiger partial charge in [-0.3, -0.25) is 0 Å². The molecule has 1 N–H and O–H groups in total. The first-order chi connectivity index (χ1) is 9.38. The predicted molar refractivity (Wildman–Crippen MR) is 89.4 cm³/mol. The lowest BCUT2D eigenvalue weighted by molar-refractivity contribution is 0.143. The van der Waals surface area contributed by atoms with E-state index in [1.54, 1.807) is 0 Å². The Morgan fingerprint density at radius 2 is 1.60 bits per heavy atom. The van der Waals surface area contributed by atoms with Gasteiger partial charge in [0.05, 0.1) is 0 Å². The van der Waals surface area contributed by atoms with Crippen molar-refractivity contribution >= 4 is 0 Å². The highest BCUT2D eigenvalue weighted by Gasteiger charge is 2.19. The van der Waals surface area contributed by atoms with Crippen LogP contribution in [0.3, 0.4) is 0 Å². The van der Waals surface area contributed by atoms with Crippen molar-refractivity contribution in [1.82, 2.24) is 15.1 Å². The highest BCUT2D eigenvalue weighted by molar-refractivity contribution is 4.76. The molecule has 1 saturated heterocycles. The fourth-order valence-corrected chi connectivity index (χ4v) is 2.94. The summed E-state index contributed by atoms with van der Waals surface area (Å²) in [6, 6.07) is 0.815. The van der Waals surface area contributed by atoms with Gasteiger partial charge in [0.2, 0.25) is 0 Å². The SMILES string of the molecule is CN(C)C1CCN(CCCCCCNC(C)(C)C)CC1. The highest BCUT2D eigenvalue weighted by Crippen LogP contribution is 2.15. The van der Waals surface area contributed by atoms with Gasteiger partial charge in [-0.25, -0.2) is 0 Å². The summed E-state index contributed by atoms with van der Waals surface area (Å²) >= 11 is 0. The second-order valence-corrected chi connectivity index (χ2v) is 7.63. The zero-order valence-corrected chi connectivity index (χ0v) is 14.5. The molecule has 0 atom stereocenters. The van der Waals surface area contributed by atoms with Crippen LogP contribution in [0.1, 0.15) is 59.3 Å². The number of hydrogen-bond acceptors (Lipinski definition) is 3. The average molecular weight is 284 g/mol. The summed E-state index contributed by atoms with van der Waals surface area (Å²) in [6.07, 6.45) is 8.16. The van der Waals surface area contributed by atoms with Crippen LogP contribution in [-0.2, 0) is 0 Å². The molecule has 0 radical (unpaired) electrons. The van der Waals surface area contributed by atoms with Crippen molar-refractivity contribution in [1.29, 1.82) is 0 Å². The van der Waals surface area contributed by atoms with Gasteiger partial charge < -0.3 is 15.1 Å². The summed E-state index contributed by atoms with van der Waals surface area (Å²) in [4.78, 5) is 5.05. The normalized spacial score (nSPS) is 18.9. The summed E-state index contributed by atoms with van der Waals surface area (Å²) in [7, 11) is 4.43. The molecule has 1 fully saturated rings. The van der Waals surface area contributed by atoms with E-state index in [0.29, 0.717) is 0 Å². The number of unbranched alkanes of at least 4 members (excludes halogenated alkanes) is 3. The molecule has 0 aromatic rings. The first-order valence-electron chi connectivity index (χ1n) is 8.52. The van der Waals surface area contributed by atoms with Crippen LogP contribution in [0.2, 0.25) is 0 Å². The van der Waals surface area contributed by atoms with E-state index in [9.17, 15) is 0 Å². The third kappa shape index (κ3) is 8.23. The van der Waals surface area contributed by atoms with Crippen molar-refractivity contribution in [2.75, 3.05) is 40.3 Å². The molecule has 3 nitrogen and oxygen atoms in total. The summed E-state index contributed by atoms with van der Waals surface area (Å²) in [5.41, 5.74) is 0.275. The van der Waals surface area contributed by atoms with Crippen molar-refractivity contribution in [2.45, 2.75) is 70.9 Å². The predicted octanol–water partition coefficient (Wildman–Crippen LogP) is 2.96. The number of likely N-dealkylation sites (tertiary alicyclic amines) is 1. The standard InChI is InChI=1S/C17H37N3/c1-17(2,3)18-12-8-6-7-9-13-20-14-10-16(11-15-20)19(4)5/h16,18H,6-15H2,1-5H3. The molecule has 0 bridgehead atoms. The molecule has 0 aromatic carbocycles. The molecule has 120 valence electrons. The molecular weight excluding hydrogens is 246 g/mol. The van der Waals surface area contributed by atoms with E-state index < -0.39 is 0 Å². The number of nitrogens with one attached hydrogen (secondary N) is 1. The van der Waals surface area contributed by atoms with Crippen LogP contribution in [0.25, 0.3) is 0 Å². The van der Waals surface area contributed by atoms with Crippen molar-refractivity contribution in [3.63, 3.8) is 0 Å². The summed E-state index contributed by atoms with van der Waals surface area (Å²) < 4.78 is 0. The summed E-state index contributed by atoms with van der Waals surface area (Å²) in [5.74, 6) is 0. The maximum absolute atomic E-state index is 3.56. The van der Waals surface area contributed by atoms with Gasteiger partial charge in [-0.1, -0.05) is 12.8 Å². The van der Waals surface area contributed by atoms with E-state index in [4.69, 9.17) is 0 Å². The minimum atomic E-state index is 0.275. The molecule has 20 heavy (non-hydrogen) atoms. The minimum absolute atomic E-state index is 0.275. The number of piperidine rings is 1. The van der Waals surface area contributed by atoms with E-state index in [1.165, 1.54) is 58.2 Å². The first-order valence-corrected chi connectivity index (χ1v) is 8.52. The highest BCUT2D eigenvalue weighted by atomic mass is 15.2. The zero-order valence-electron chi connectivity index (χ0n) is 14.5. The van der Waals surface area contributed by atoms with Crippen LogP contribution in [0.5, 0.6) is 0 Å². The van der Waals surface area contributed by atoms with Gasteiger partial charge in [0.15, 0.2) is 0 Å². The Morgan fingerprint density at radius 1 is 1.00 bits per heavy atom. The number of hydrogen-bond donors (Lipinski definition) is 1. The van der Waals surface area contributed by atoms with Crippen LogP contribution in [0, 0.1) is 0 Å². The van der Waals surface area contributed by atoms with E-state index in [1.807, 2.05) is 0 Å². The molecular formula is C17H37N3. The molecule has 1 rings (SSSR count). The van der Waals surface area contributed by atoms with Gasteiger partial charge in [0.25, 0.3) is 0 Å². The third-order valence-electron chi connectivity index (χ3n) is 4.34. The molecule has 1 aliphatic heterocycles. The Balaban J connectivity index is 1.93. The minimum Gasteiger partial charge on any atom is -0.312 e. The molecule has 0 aliphatic carbocycles. The van der Waals surface area contributed by atoms with E-state index in [2.05, 4.69) is 50.0 Å². The monoisotopic (exact) mass is 283 g/mol. The Labute approximate surface area is 127 Å². The molecule has 3 heteroatoms. The fraction of sp³-hybridized carbons (Fsp3) is 1.00. The molecule has 0 amide bonds. The first kappa shape index (κ1) is 17.9. The fourth-order valence-electron chi connectivity index (χ4n) is 2.94. The van der Waals surface area contributed by atoms with Gasteiger partial charge >= 0.3 is 0 Å². The van der Waals surface area contributed by atoms with Crippen LogP contribution >= 0.6 is 0 Å². The Morgan fingerprint density at radius 3 is 2.15 bits per heavy atom. The lowest BCUT2D eigenvalue weighted by Gasteiger charge is -2.35. The number of rotatable bonds is 8. The second-order valence-electron chi connectivity index (χ2n) is 7.63. The van der Waals surface area contributed by atoms with Crippen molar-refractivity contribution in [2.24, 2.45) is 0 Å². The molecule has 0 spiro atoms. The smallest absolute Gasteiger partial charge is 0.0113 e. The van der Waals surface area contributed by atoms with Crippen LogP contribution < -0.4 is 5.32 Å². The molecule has 0 saturated carbocycles. The maximum atomic E-state index is 3.56. The molecule has 1 aliphatic rings. The Kier molecular flexibility index (Phi) is 8.08. The maximum Gasteiger partial charge on any atom is 0.0113 e. The van der Waals surface area contributed by atoms with Crippen molar-refractivity contribution in [3.05, 3.63) is 0 Å². The van der Waals surface area contributed by atoms with Crippen LogP contribution in [0.15, 0.2) is 0 Å². The second kappa shape index (κ2) is 9.01. The zero-order chi connectivity index (χ0) is 15.0. The van der Waals surface area contributed by atoms with Gasteiger partial charge in [0.1, 0.15) is 0 Å². The van der Waals surface area contributed by atoms with Gasteiger partial charge in [-0.05, 0) is 86.7 Å². The van der Waals surface area contributed by atoms with E-state index in [0.717, 1.165) is 12.6 Å². The third-order valence-corrected chi connectivity index (χ3v) is 4.34. The van der Waals surface area contributed by atoms with Crippen LogP contribution in [-0.4, -0.2) is 61.7 Å². The quantitative estimate of drug-likeness (QED) is 0.691. The van der Waals surface area contributed by atoms with Crippen molar-refractivity contribution < 1.29 is 0 Å². The average Bonchev–Trinajstić information content (AvgIpc) is 2.37. The summed E-state index contributed by atoms with van der Waals surface area (Å²) in [6.45, 7) is 11.8. The summed E-state index contributed by atoms with van der Waals surface area (Å²) in [5, 5.41) is 3.56. The van der Waals surface area contributed by atoms with Gasteiger partial charge in [-0.15, -0.1) is 0 Å².